The molecule has 0 aliphatic heterocycles. The third-order valence-electron chi connectivity index (χ3n) is 2.24. The fourth-order valence-corrected chi connectivity index (χ4v) is 1.41. The van der Waals surface area contributed by atoms with E-state index in [-0.39, 0.29) is 5.91 Å². The van der Waals surface area contributed by atoms with Crippen LogP contribution in [0.4, 0.5) is 0 Å². The van der Waals surface area contributed by atoms with E-state index in [4.69, 9.17) is 0 Å². The van der Waals surface area contributed by atoms with Gasteiger partial charge in [0.1, 0.15) is 0 Å². The molecular weight excluding hydrogens is 178 g/mol. The first-order valence-corrected chi connectivity index (χ1v) is 4.39. The van der Waals surface area contributed by atoms with Gasteiger partial charge in [0.15, 0.2) is 6.29 Å². The first-order chi connectivity index (χ1) is 6.61. The maximum atomic E-state index is 11.5. The lowest BCUT2D eigenvalue weighted by Crippen LogP contribution is -2.21. The van der Waals surface area contributed by atoms with Gasteiger partial charge in [0.2, 0.25) is 0 Å². The molecule has 1 amide bonds. The third-order valence-corrected chi connectivity index (χ3v) is 2.24. The summed E-state index contributed by atoms with van der Waals surface area (Å²) in [7, 11) is 1.55. The van der Waals surface area contributed by atoms with Gasteiger partial charge >= 0.3 is 0 Å². The predicted molar refractivity (Wildman–Crippen MR) is 54.7 cm³/mol. The van der Waals surface area contributed by atoms with Gasteiger partial charge in [-0.3, -0.25) is 9.59 Å². The molecule has 1 rings (SSSR count). The van der Waals surface area contributed by atoms with E-state index in [2.05, 4.69) is 5.32 Å². The molecule has 0 heterocycles. The van der Waals surface area contributed by atoms with Crippen LogP contribution in [0.2, 0.25) is 0 Å². The number of aryl methyl sites for hydroxylation is 2. The Hall–Kier alpha value is -1.64. The Morgan fingerprint density at radius 1 is 1.29 bits per heavy atom. The van der Waals surface area contributed by atoms with Crippen molar-refractivity contribution in [3.8, 4) is 0 Å². The molecule has 1 N–H and O–H groups in total. The zero-order valence-electron chi connectivity index (χ0n) is 8.55. The zero-order valence-corrected chi connectivity index (χ0v) is 8.55. The minimum Gasteiger partial charge on any atom is -0.355 e. The van der Waals surface area contributed by atoms with E-state index in [0.717, 1.165) is 17.4 Å². The average Bonchev–Trinajstić information content (AvgIpc) is 2.19. The fourth-order valence-electron chi connectivity index (χ4n) is 1.41. The fraction of sp³-hybridized carbons (Fsp3) is 0.273. The first-order valence-electron chi connectivity index (χ1n) is 4.39. The highest BCUT2D eigenvalue weighted by atomic mass is 16.1. The van der Waals surface area contributed by atoms with Crippen molar-refractivity contribution in [1.82, 2.24) is 5.32 Å². The number of benzene rings is 1. The van der Waals surface area contributed by atoms with E-state index in [1.54, 1.807) is 7.05 Å². The molecule has 0 spiro atoms. The van der Waals surface area contributed by atoms with E-state index in [1.165, 1.54) is 0 Å². The van der Waals surface area contributed by atoms with Gasteiger partial charge in [0.05, 0.1) is 5.56 Å². The summed E-state index contributed by atoms with van der Waals surface area (Å²) < 4.78 is 0. The van der Waals surface area contributed by atoms with Crippen molar-refractivity contribution in [2.75, 3.05) is 7.05 Å². The van der Waals surface area contributed by atoms with Gasteiger partial charge in [0, 0.05) is 12.6 Å². The molecule has 0 aromatic heterocycles. The average molecular weight is 191 g/mol. The second kappa shape index (κ2) is 4.05. The Morgan fingerprint density at radius 2 is 1.86 bits per heavy atom. The highest BCUT2D eigenvalue weighted by Gasteiger charge is 2.14. The van der Waals surface area contributed by atoms with Crippen LogP contribution in [0.5, 0.6) is 0 Å². The largest absolute Gasteiger partial charge is 0.355 e. The summed E-state index contributed by atoms with van der Waals surface area (Å²) in [5, 5.41) is 2.53. The normalized spacial score (nSPS) is 9.64. The van der Waals surface area contributed by atoms with Crippen molar-refractivity contribution < 1.29 is 9.59 Å². The van der Waals surface area contributed by atoms with Gasteiger partial charge in [-0.05, 0) is 25.0 Å². The van der Waals surface area contributed by atoms with Crippen LogP contribution in [0.3, 0.4) is 0 Å². The van der Waals surface area contributed by atoms with Crippen LogP contribution in [0.15, 0.2) is 12.1 Å². The van der Waals surface area contributed by atoms with Crippen LogP contribution in [0.1, 0.15) is 31.8 Å². The molecule has 0 atom stereocenters. The smallest absolute Gasteiger partial charge is 0.252 e. The minimum absolute atomic E-state index is 0.215. The van der Waals surface area contributed by atoms with Gasteiger partial charge in [-0.2, -0.15) is 0 Å². The topological polar surface area (TPSA) is 46.2 Å². The van der Waals surface area contributed by atoms with Gasteiger partial charge in [-0.1, -0.05) is 12.1 Å². The summed E-state index contributed by atoms with van der Waals surface area (Å²) in [6.45, 7) is 3.63. The monoisotopic (exact) mass is 191 g/mol. The molecule has 3 nitrogen and oxygen atoms in total. The molecule has 14 heavy (non-hydrogen) atoms. The van der Waals surface area contributed by atoms with Gasteiger partial charge in [-0.15, -0.1) is 0 Å². The van der Waals surface area contributed by atoms with E-state index >= 15 is 0 Å². The summed E-state index contributed by atoms with van der Waals surface area (Å²) in [5.41, 5.74) is 2.59. The first kappa shape index (κ1) is 10.4. The maximum Gasteiger partial charge on any atom is 0.252 e. The third kappa shape index (κ3) is 1.66. The zero-order chi connectivity index (χ0) is 10.7. The Kier molecular flexibility index (Phi) is 3.02. The molecular formula is C11H13NO2. The quantitative estimate of drug-likeness (QED) is 0.719. The van der Waals surface area contributed by atoms with Crippen LogP contribution >= 0.6 is 0 Å². The van der Waals surface area contributed by atoms with Crippen molar-refractivity contribution in [3.05, 3.63) is 34.4 Å². The Bertz CT molecular complexity index is 383. The second-order valence-electron chi connectivity index (χ2n) is 3.19. The number of hydrogen-bond acceptors (Lipinski definition) is 2. The molecule has 0 unspecified atom stereocenters. The number of carbonyl (C=O) groups excluding carboxylic acids is 2. The predicted octanol–water partition coefficient (Wildman–Crippen LogP) is 1.48. The molecule has 0 saturated heterocycles. The summed E-state index contributed by atoms with van der Waals surface area (Å²) in [6, 6.07) is 3.68. The molecule has 0 radical (unpaired) electrons. The van der Waals surface area contributed by atoms with Crippen molar-refractivity contribution in [2.24, 2.45) is 0 Å². The lowest BCUT2D eigenvalue weighted by Gasteiger charge is -2.09. The molecule has 1 aromatic carbocycles. The van der Waals surface area contributed by atoms with Crippen molar-refractivity contribution in [1.29, 1.82) is 0 Å². The molecule has 0 fully saturated rings. The molecule has 0 saturated carbocycles. The highest BCUT2D eigenvalue weighted by Crippen LogP contribution is 2.16. The number of rotatable bonds is 2. The molecule has 0 aliphatic carbocycles. The number of nitrogens with one attached hydrogen (secondary N) is 1. The molecule has 1 aromatic rings. The summed E-state index contributed by atoms with van der Waals surface area (Å²) >= 11 is 0. The Balaban J connectivity index is 3.44. The van der Waals surface area contributed by atoms with Crippen LogP contribution < -0.4 is 5.32 Å². The number of carbonyl (C=O) groups is 2. The van der Waals surface area contributed by atoms with E-state index in [1.807, 2.05) is 26.0 Å². The number of hydrogen-bond donors (Lipinski definition) is 1. The Morgan fingerprint density at radius 3 is 2.36 bits per heavy atom. The SMILES string of the molecule is CNC(=O)c1c(C)ccc(C)c1C=O. The standard InChI is InChI=1S/C11H13NO2/c1-7-4-5-8(2)10(9(7)6-13)11(14)12-3/h4-6H,1-3H3,(H,12,14). The van der Waals surface area contributed by atoms with Gasteiger partial charge in [-0.25, -0.2) is 0 Å². The van der Waals surface area contributed by atoms with Crippen molar-refractivity contribution in [3.63, 3.8) is 0 Å². The van der Waals surface area contributed by atoms with Gasteiger partial charge < -0.3 is 5.32 Å². The van der Waals surface area contributed by atoms with E-state index < -0.39 is 0 Å². The lowest BCUT2D eigenvalue weighted by atomic mass is 9.97. The van der Waals surface area contributed by atoms with E-state index in [0.29, 0.717) is 11.1 Å². The number of aldehydes is 1. The van der Waals surface area contributed by atoms with Crippen molar-refractivity contribution in [2.45, 2.75) is 13.8 Å². The van der Waals surface area contributed by atoms with E-state index in [9.17, 15) is 9.59 Å². The van der Waals surface area contributed by atoms with Crippen LogP contribution in [0, 0.1) is 13.8 Å². The Labute approximate surface area is 83.1 Å². The molecule has 0 bridgehead atoms. The second-order valence-corrected chi connectivity index (χ2v) is 3.19. The van der Waals surface area contributed by atoms with Crippen LogP contribution in [0.25, 0.3) is 0 Å². The molecule has 74 valence electrons. The van der Waals surface area contributed by atoms with Crippen LogP contribution in [-0.4, -0.2) is 19.2 Å². The molecule has 0 aliphatic rings. The molecule has 3 heteroatoms. The minimum atomic E-state index is -0.215. The number of amides is 1. The summed E-state index contributed by atoms with van der Waals surface area (Å²) in [6.07, 6.45) is 0.729. The highest BCUT2D eigenvalue weighted by molar-refractivity contribution is 6.03. The lowest BCUT2D eigenvalue weighted by molar-refractivity contribution is 0.0956. The van der Waals surface area contributed by atoms with Crippen LogP contribution in [-0.2, 0) is 0 Å². The maximum absolute atomic E-state index is 11.5. The summed E-state index contributed by atoms with van der Waals surface area (Å²) in [5.74, 6) is -0.215. The van der Waals surface area contributed by atoms with Gasteiger partial charge in [0.25, 0.3) is 5.91 Å². The van der Waals surface area contributed by atoms with Crippen molar-refractivity contribution >= 4 is 12.2 Å². The summed E-state index contributed by atoms with van der Waals surface area (Å²) in [4.78, 5) is 22.3.